The van der Waals surface area contributed by atoms with E-state index in [9.17, 15) is 9.36 Å². The van der Waals surface area contributed by atoms with Crippen molar-refractivity contribution in [3.8, 4) is 5.75 Å². The molecule has 122 valence electrons. The van der Waals surface area contributed by atoms with Crippen molar-refractivity contribution >= 4 is 42.2 Å². The molecular weight excluding hydrogens is 356 g/mol. The fourth-order valence-electron chi connectivity index (χ4n) is 1.22. The maximum absolute atomic E-state index is 11.9. The first-order valence-electron chi connectivity index (χ1n) is 5.86. The molecule has 0 heterocycles. The summed E-state index contributed by atoms with van der Waals surface area (Å²) in [5, 5.41) is 3.89. The number of oxime groups is 1. The molecule has 0 aromatic heterocycles. The highest BCUT2D eigenvalue weighted by molar-refractivity contribution is 7.72. The van der Waals surface area contributed by atoms with E-state index in [0.717, 1.165) is 0 Å². The van der Waals surface area contributed by atoms with Gasteiger partial charge >= 0.3 is 13.6 Å². The van der Waals surface area contributed by atoms with Crippen LogP contribution in [0.5, 0.6) is 5.75 Å². The Morgan fingerprint density at radius 3 is 2.27 bits per heavy atom. The number of rotatable bonds is 7. The first kappa shape index (κ1) is 18.9. The summed E-state index contributed by atoms with van der Waals surface area (Å²) in [6.45, 7) is 1.32. The molecule has 0 aliphatic rings. The van der Waals surface area contributed by atoms with Crippen LogP contribution in [0, 0.1) is 0 Å². The summed E-state index contributed by atoms with van der Waals surface area (Å²) in [6, 6.07) is 6.20. The lowest BCUT2D eigenvalue weighted by Gasteiger charge is -2.13. The van der Waals surface area contributed by atoms with Crippen LogP contribution in [0.25, 0.3) is 0 Å². The molecule has 0 N–H and O–H groups in total. The largest absolute Gasteiger partial charge is 0.463 e. The molecule has 1 aromatic carbocycles. The minimum Gasteiger partial charge on any atom is -0.463 e. The molecule has 0 aliphatic carbocycles. The quantitative estimate of drug-likeness (QED) is 0.240. The number of nitrogens with zero attached hydrogens (tertiary/aromatic N) is 1. The highest BCUT2D eigenvalue weighted by Crippen LogP contribution is 2.47. The summed E-state index contributed by atoms with van der Waals surface area (Å²) in [5.74, 6) is -0.670. The number of hydrogen-bond donors (Lipinski definition) is 0. The SMILES string of the molecule is COP(=O)(OC)C(C)=NOC(=O)C(Cl)Oc1ccc(Cl)cc1. The first-order valence-corrected chi connectivity index (χ1v) is 8.22. The van der Waals surface area contributed by atoms with Crippen molar-refractivity contribution < 1.29 is 28.0 Å². The van der Waals surface area contributed by atoms with Crippen LogP contribution < -0.4 is 4.74 Å². The van der Waals surface area contributed by atoms with E-state index < -0.39 is 19.1 Å². The molecule has 0 amide bonds. The third kappa shape index (κ3) is 5.26. The lowest BCUT2D eigenvalue weighted by atomic mass is 10.3. The van der Waals surface area contributed by atoms with E-state index in [1.807, 2.05) is 0 Å². The zero-order valence-electron chi connectivity index (χ0n) is 12.0. The van der Waals surface area contributed by atoms with Gasteiger partial charge in [-0.15, -0.1) is 0 Å². The van der Waals surface area contributed by atoms with E-state index in [1.165, 1.54) is 33.3 Å². The van der Waals surface area contributed by atoms with Gasteiger partial charge in [0, 0.05) is 19.2 Å². The third-order valence-electron chi connectivity index (χ3n) is 2.38. The van der Waals surface area contributed by atoms with Crippen molar-refractivity contribution in [1.29, 1.82) is 0 Å². The van der Waals surface area contributed by atoms with Gasteiger partial charge in [0.15, 0.2) is 5.45 Å². The molecule has 1 aromatic rings. The molecule has 1 atom stereocenters. The second kappa shape index (κ2) is 8.50. The standard InChI is InChI=1S/C12H14Cl2NO6P/c1-8(22(17,18-2)19-3)15-21-12(16)11(14)20-10-6-4-9(13)5-7-10/h4-7,11H,1-3H3. The van der Waals surface area contributed by atoms with Crippen molar-refractivity contribution in [2.45, 2.75) is 12.5 Å². The summed E-state index contributed by atoms with van der Waals surface area (Å²) in [7, 11) is -1.20. The van der Waals surface area contributed by atoms with Crippen LogP contribution >= 0.6 is 30.8 Å². The Morgan fingerprint density at radius 1 is 1.23 bits per heavy atom. The minimum atomic E-state index is -3.56. The van der Waals surface area contributed by atoms with Crippen LogP contribution in [0.3, 0.4) is 0 Å². The Hall–Kier alpha value is -1.11. The molecule has 0 aliphatic heterocycles. The van der Waals surface area contributed by atoms with E-state index in [4.69, 9.17) is 27.9 Å². The highest BCUT2D eigenvalue weighted by Gasteiger charge is 2.28. The van der Waals surface area contributed by atoms with E-state index in [-0.39, 0.29) is 5.45 Å². The van der Waals surface area contributed by atoms with Gasteiger partial charge in [-0.25, -0.2) is 4.79 Å². The zero-order chi connectivity index (χ0) is 16.8. The minimum absolute atomic E-state index is 0.138. The maximum Gasteiger partial charge on any atom is 0.390 e. The number of alkyl halides is 1. The molecule has 10 heteroatoms. The van der Waals surface area contributed by atoms with E-state index in [1.54, 1.807) is 12.1 Å². The predicted octanol–water partition coefficient (Wildman–Crippen LogP) is 3.65. The summed E-state index contributed by atoms with van der Waals surface area (Å²) in [4.78, 5) is 16.2. The van der Waals surface area contributed by atoms with Gasteiger partial charge < -0.3 is 18.6 Å². The third-order valence-corrected chi connectivity index (χ3v) is 4.74. The highest BCUT2D eigenvalue weighted by atomic mass is 35.5. The second-order valence-corrected chi connectivity index (χ2v) is 7.00. The van der Waals surface area contributed by atoms with Crippen LogP contribution in [-0.2, 0) is 23.2 Å². The van der Waals surface area contributed by atoms with E-state index in [2.05, 4.69) is 19.0 Å². The van der Waals surface area contributed by atoms with Gasteiger partial charge in [-0.1, -0.05) is 28.4 Å². The molecular formula is C12H14Cl2NO6P. The molecule has 0 saturated carbocycles. The average molecular weight is 370 g/mol. The molecule has 1 rings (SSSR count). The Kier molecular flexibility index (Phi) is 7.32. The van der Waals surface area contributed by atoms with Gasteiger partial charge in [-0.05, 0) is 31.2 Å². The normalized spacial score (nSPS) is 13.6. The maximum atomic E-state index is 11.9. The Morgan fingerprint density at radius 2 is 1.77 bits per heavy atom. The van der Waals surface area contributed by atoms with Gasteiger partial charge in [0.25, 0.3) is 5.56 Å². The van der Waals surface area contributed by atoms with E-state index >= 15 is 0 Å². The fourth-order valence-corrected chi connectivity index (χ4v) is 2.31. The van der Waals surface area contributed by atoms with Gasteiger partial charge in [-0.2, -0.15) is 0 Å². The molecule has 7 nitrogen and oxygen atoms in total. The molecule has 0 spiro atoms. The lowest BCUT2D eigenvalue weighted by molar-refractivity contribution is -0.148. The molecule has 0 saturated heterocycles. The summed E-state index contributed by atoms with van der Waals surface area (Å²) < 4.78 is 26.4. The van der Waals surface area contributed by atoms with Crippen LogP contribution in [0.2, 0.25) is 5.02 Å². The van der Waals surface area contributed by atoms with Gasteiger partial charge in [0.05, 0.1) is 0 Å². The van der Waals surface area contributed by atoms with Crippen LogP contribution in [0.1, 0.15) is 6.92 Å². The number of hydrogen-bond acceptors (Lipinski definition) is 7. The van der Waals surface area contributed by atoms with Gasteiger partial charge in [-0.3, -0.25) is 4.57 Å². The van der Waals surface area contributed by atoms with Crippen molar-refractivity contribution in [1.82, 2.24) is 0 Å². The predicted molar refractivity (Wildman–Crippen MR) is 82.5 cm³/mol. The number of carbonyl (C=O) groups is 1. The summed E-state index contributed by atoms with van der Waals surface area (Å²) >= 11 is 11.5. The Bertz CT molecular complexity index is 584. The molecule has 22 heavy (non-hydrogen) atoms. The van der Waals surface area contributed by atoms with Crippen LogP contribution in [0.15, 0.2) is 29.4 Å². The first-order chi connectivity index (χ1) is 10.3. The molecule has 0 fully saturated rings. The lowest BCUT2D eigenvalue weighted by Crippen LogP contribution is -2.22. The van der Waals surface area contributed by atoms with Crippen LogP contribution in [0.4, 0.5) is 0 Å². The molecule has 1 unspecified atom stereocenters. The fraction of sp³-hybridized carbons (Fsp3) is 0.333. The monoisotopic (exact) mass is 369 g/mol. The molecule has 0 radical (unpaired) electrons. The summed E-state index contributed by atoms with van der Waals surface area (Å²) in [6.07, 6.45) is 0. The van der Waals surface area contributed by atoms with Crippen molar-refractivity contribution in [3.63, 3.8) is 0 Å². The number of carbonyl (C=O) groups excluding carboxylic acids is 1. The van der Waals surface area contributed by atoms with Crippen molar-refractivity contribution in [2.24, 2.45) is 5.16 Å². The van der Waals surface area contributed by atoms with Gasteiger partial charge in [0.2, 0.25) is 0 Å². The van der Waals surface area contributed by atoms with E-state index in [0.29, 0.717) is 10.8 Å². The summed E-state index contributed by atoms with van der Waals surface area (Å²) in [5.41, 5.74) is -1.58. The zero-order valence-corrected chi connectivity index (χ0v) is 14.4. The van der Waals surface area contributed by atoms with Crippen LogP contribution in [-0.4, -0.2) is 31.2 Å². The Labute approximate surface area is 137 Å². The van der Waals surface area contributed by atoms with Gasteiger partial charge in [0.1, 0.15) is 5.75 Å². The topological polar surface area (TPSA) is 83.4 Å². The Balaban J connectivity index is 2.64. The smallest absolute Gasteiger partial charge is 0.390 e. The number of benzene rings is 1. The van der Waals surface area contributed by atoms with Crippen molar-refractivity contribution in [3.05, 3.63) is 29.3 Å². The number of ether oxygens (including phenoxy) is 1. The van der Waals surface area contributed by atoms with Crippen molar-refractivity contribution in [2.75, 3.05) is 14.2 Å². The number of halogens is 2. The second-order valence-electron chi connectivity index (χ2n) is 3.80. The molecule has 0 bridgehead atoms. The average Bonchev–Trinajstić information content (AvgIpc) is 2.53.